The molecule has 170 valence electrons. The molecule has 0 atom stereocenters. The fourth-order valence-electron chi connectivity index (χ4n) is 4.58. The molecule has 5 rings (SSSR count). The van der Waals surface area contributed by atoms with Crippen molar-refractivity contribution in [2.75, 3.05) is 58.6 Å². The van der Waals surface area contributed by atoms with Crippen molar-refractivity contribution in [2.24, 2.45) is 0 Å². The maximum atomic E-state index is 13.9. The molecule has 1 fully saturated rings. The summed E-state index contributed by atoms with van der Waals surface area (Å²) in [6.45, 7) is 2.11. The second-order valence-corrected chi connectivity index (χ2v) is 9.86. The third-order valence-corrected chi connectivity index (χ3v) is 8.24. The molecule has 0 aromatic heterocycles. The predicted molar refractivity (Wildman–Crippen MR) is 117 cm³/mol. The lowest BCUT2D eigenvalue weighted by atomic mass is 9.97. The molecule has 9 nitrogen and oxygen atoms in total. The van der Waals surface area contributed by atoms with E-state index in [0.29, 0.717) is 44.7 Å². The van der Waals surface area contributed by atoms with E-state index >= 15 is 0 Å². The average Bonchev–Trinajstić information content (AvgIpc) is 3.29. The first-order chi connectivity index (χ1) is 15.4. The molecule has 3 aliphatic rings. The van der Waals surface area contributed by atoms with E-state index in [1.54, 1.807) is 11.9 Å². The number of carbonyl (C=O) groups is 1. The Morgan fingerprint density at radius 3 is 2.34 bits per heavy atom. The summed E-state index contributed by atoms with van der Waals surface area (Å²) in [7, 11) is -0.797. The van der Waals surface area contributed by atoms with Crippen LogP contribution in [0.1, 0.15) is 15.9 Å². The van der Waals surface area contributed by atoms with E-state index in [-0.39, 0.29) is 40.4 Å². The van der Waals surface area contributed by atoms with Gasteiger partial charge in [0.05, 0.1) is 12.7 Å². The number of carbonyl (C=O) groups excluding carboxylic acids is 1. The van der Waals surface area contributed by atoms with E-state index in [9.17, 15) is 13.2 Å². The highest BCUT2D eigenvalue weighted by Gasteiger charge is 2.43. The molecule has 10 heteroatoms. The van der Waals surface area contributed by atoms with Gasteiger partial charge in [-0.3, -0.25) is 4.79 Å². The van der Waals surface area contributed by atoms with Crippen LogP contribution in [0.15, 0.2) is 35.2 Å². The van der Waals surface area contributed by atoms with Gasteiger partial charge in [0.15, 0.2) is 11.5 Å². The highest BCUT2D eigenvalue weighted by atomic mass is 32.2. The number of anilines is 1. The summed E-state index contributed by atoms with van der Waals surface area (Å²) in [6.07, 6.45) is 0.392. The Morgan fingerprint density at radius 2 is 1.66 bits per heavy atom. The van der Waals surface area contributed by atoms with Crippen LogP contribution in [0.4, 0.5) is 5.69 Å². The van der Waals surface area contributed by atoms with Crippen molar-refractivity contribution >= 4 is 21.6 Å². The zero-order valence-electron chi connectivity index (χ0n) is 18.0. The fourth-order valence-corrected chi connectivity index (χ4v) is 6.38. The molecule has 1 amide bonds. The van der Waals surface area contributed by atoms with Gasteiger partial charge < -0.3 is 24.0 Å². The minimum absolute atomic E-state index is 0.0374. The number of piperazine rings is 1. The SMILES string of the molecule is COc1c2c(c(S(=O)(=O)N3CCN(c4ccccc4)CC3)c3c1C(=O)N(C)CC3)OCO2. The number of ether oxygens (including phenoxy) is 3. The van der Waals surface area contributed by atoms with Crippen molar-refractivity contribution in [1.82, 2.24) is 9.21 Å². The summed E-state index contributed by atoms with van der Waals surface area (Å²) in [5, 5.41) is 0. The van der Waals surface area contributed by atoms with Crippen LogP contribution in [0.5, 0.6) is 17.2 Å². The Hall–Kier alpha value is -2.98. The van der Waals surface area contributed by atoms with Crippen LogP contribution in [0.3, 0.4) is 0 Å². The number of nitrogens with zero attached hydrogens (tertiary/aromatic N) is 3. The molecule has 0 bridgehead atoms. The lowest BCUT2D eigenvalue weighted by Crippen LogP contribution is -2.49. The molecule has 0 N–H and O–H groups in total. The van der Waals surface area contributed by atoms with E-state index in [1.807, 2.05) is 30.3 Å². The fraction of sp³-hybridized carbons (Fsp3) is 0.409. The van der Waals surface area contributed by atoms with Crippen LogP contribution >= 0.6 is 0 Å². The molecule has 1 saturated heterocycles. The number of sulfonamides is 1. The topological polar surface area (TPSA) is 88.6 Å². The molecule has 2 aromatic rings. The summed E-state index contributed by atoms with van der Waals surface area (Å²) in [5.41, 5.74) is 1.75. The minimum Gasteiger partial charge on any atom is -0.492 e. The lowest BCUT2D eigenvalue weighted by Gasteiger charge is -2.36. The maximum Gasteiger partial charge on any atom is 0.257 e. The van der Waals surface area contributed by atoms with E-state index in [2.05, 4.69) is 4.90 Å². The standard InChI is InChI=1S/C22H25N3O6S/c1-23-9-8-16-17(22(23)26)18(29-2)19-20(31-14-30-19)21(16)32(27,28)25-12-10-24(11-13-25)15-6-4-3-5-7-15/h3-7H,8-14H2,1-2H3. The van der Waals surface area contributed by atoms with Crippen LogP contribution in [0.2, 0.25) is 0 Å². The van der Waals surface area contributed by atoms with Crippen molar-refractivity contribution in [1.29, 1.82) is 0 Å². The van der Waals surface area contributed by atoms with Gasteiger partial charge in [0.2, 0.25) is 22.6 Å². The van der Waals surface area contributed by atoms with Gasteiger partial charge in [0.1, 0.15) is 4.90 Å². The van der Waals surface area contributed by atoms with E-state index in [4.69, 9.17) is 14.2 Å². The first-order valence-electron chi connectivity index (χ1n) is 10.5. The van der Waals surface area contributed by atoms with Gasteiger partial charge in [-0.05, 0) is 24.1 Å². The smallest absolute Gasteiger partial charge is 0.257 e. The Morgan fingerprint density at radius 1 is 0.969 bits per heavy atom. The second kappa shape index (κ2) is 7.86. The van der Waals surface area contributed by atoms with E-state index in [1.165, 1.54) is 11.4 Å². The third-order valence-electron chi connectivity index (χ3n) is 6.25. The molecule has 2 aromatic carbocycles. The number of hydrogen-bond donors (Lipinski definition) is 0. The monoisotopic (exact) mass is 459 g/mol. The van der Waals surface area contributed by atoms with Gasteiger partial charge in [0.25, 0.3) is 5.91 Å². The average molecular weight is 460 g/mol. The third kappa shape index (κ3) is 3.17. The molecule has 0 spiro atoms. The lowest BCUT2D eigenvalue weighted by molar-refractivity contribution is 0.0775. The Labute approximate surface area is 187 Å². The molecule has 3 heterocycles. The molecular weight excluding hydrogens is 434 g/mol. The molecule has 32 heavy (non-hydrogen) atoms. The number of amides is 1. The van der Waals surface area contributed by atoms with Crippen LogP contribution in [-0.4, -0.2) is 77.2 Å². The van der Waals surface area contributed by atoms with Gasteiger partial charge in [-0.2, -0.15) is 4.31 Å². The summed E-state index contributed by atoms with van der Waals surface area (Å²) in [4.78, 5) is 16.7. The number of rotatable bonds is 4. The highest BCUT2D eigenvalue weighted by Crippen LogP contribution is 2.51. The van der Waals surface area contributed by atoms with Gasteiger partial charge in [-0.15, -0.1) is 0 Å². The predicted octanol–water partition coefficient (Wildman–Crippen LogP) is 1.56. The van der Waals surface area contributed by atoms with Gasteiger partial charge in [0, 0.05) is 45.5 Å². The minimum atomic E-state index is -3.92. The van der Waals surface area contributed by atoms with Crippen LogP contribution < -0.4 is 19.1 Å². The van der Waals surface area contributed by atoms with Crippen LogP contribution in [0, 0.1) is 0 Å². The first kappa shape index (κ1) is 20.9. The number of methoxy groups -OCH3 is 1. The van der Waals surface area contributed by atoms with Crippen LogP contribution in [0.25, 0.3) is 0 Å². The first-order valence-corrected chi connectivity index (χ1v) is 12.0. The zero-order valence-corrected chi connectivity index (χ0v) is 18.9. The molecule has 0 radical (unpaired) electrons. The normalized spacial score (nSPS) is 18.6. The summed E-state index contributed by atoms with van der Waals surface area (Å²) in [5.74, 6) is 0.267. The van der Waals surface area contributed by atoms with E-state index < -0.39 is 10.0 Å². The summed E-state index contributed by atoms with van der Waals surface area (Å²) >= 11 is 0. The van der Waals surface area contributed by atoms with Gasteiger partial charge in [-0.1, -0.05) is 18.2 Å². The number of para-hydroxylation sites is 1. The van der Waals surface area contributed by atoms with Crippen molar-refractivity contribution in [3.8, 4) is 17.2 Å². The highest BCUT2D eigenvalue weighted by molar-refractivity contribution is 7.89. The van der Waals surface area contributed by atoms with Crippen LogP contribution in [-0.2, 0) is 16.4 Å². The van der Waals surface area contributed by atoms with Crippen molar-refractivity contribution in [3.63, 3.8) is 0 Å². The molecule has 0 unspecified atom stereocenters. The van der Waals surface area contributed by atoms with Crippen molar-refractivity contribution in [3.05, 3.63) is 41.5 Å². The molecule has 0 aliphatic carbocycles. The van der Waals surface area contributed by atoms with E-state index in [0.717, 1.165) is 5.69 Å². The number of benzene rings is 2. The molecular formula is C22H25N3O6S. The quantitative estimate of drug-likeness (QED) is 0.686. The summed E-state index contributed by atoms with van der Waals surface area (Å²) in [6, 6.07) is 9.93. The summed E-state index contributed by atoms with van der Waals surface area (Å²) < 4.78 is 45.8. The Balaban J connectivity index is 1.55. The Kier molecular flexibility index (Phi) is 5.13. The number of likely N-dealkylation sites (N-methyl/N-ethyl adjacent to an activating group) is 1. The maximum absolute atomic E-state index is 13.9. The van der Waals surface area contributed by atoms with Gasteiger partial charge >= 0.3 is 0 Å². The molecule has 0 saturated carbocycles. The van der Waals surface area contributed by atoms with Crippen molar-refractivity contribution in [2.45, 2.75) is 11.3 Å². The van der Waals surface area contributed by atoms with Gasteiger partial charge in [-0.25, -0.2) is 8.42 Å². The Bertz CT molecular complexity index is 1160. The zero-order chi connectivity index (χ0) is 22.5. The number of fused-ring (bicyclic) bond motifs is 2. The second-order valence-electron chi connectivity index (χ2n) is 7.98. The molecule has 3 aliphatic heterocycles. The largest absolute Gasteiger partial charge is 0.492 e. The number of hydrogen-bond acceptors (Lipinski definition) is 7. The van der Waals surface area contributed by atoms with Crippen molar-refractivity contribution < 1.29 is 27.4 Å².